The first kappa shape index (κ1) is 15.7. The summed E-state index contributed by atoms with van der Waals surface area (Å²) in [4.78, 5) is 23.6. The van der Waals surface area contributed by atoms with E-state index in [-0.39, 0.29) is 27.8 Å². The van der Waals surface area contributed by atoms with E-state index in [1.807, 2.05) is 0 Å². The van der Waals surface area contributed by atoms with Crippen LogP contribution in [0.4, 0.5) is 10.1 Å². The van der Waals surface area contributed by atoms with Gasteiger partial charge in [-0.3, -0.25) is 9.59 Å². The lowest BCUT2D eigenvalue weighted by Gasteiger charge is -2.07. The summed E-state index contributed by atoms with van der Waals surface area (Å²) in [6.07, 6.45) is -0.0912. The predicted octanol–water partition coefficient (Wildman–Crippen LogP) is 3.57. The maximum atomic E-state index is 13.7. The highest BCUT2D eigenvalue weighted by Gasteiger charge is 2.10. The van der Waals surface area contributed by atoms with E-state index in [2.05, 4.69) is 5.32 Å². The van der Waals surface area contributed by atoms with Crippen LogP contribution in [0.3, 0.4) is 0 Å². The Labute approximate surface area is 140 Å². The number of rotatable bonds is 3. The Morgan fingerprint density at radius 1 is 1.30 bits per heavy atom. The fraction of sp³-hybridized carbons (Fsp3) is 0.125. The van der Waals surface area contributed by atoms with E-state index >= 15 is 0 Å². The van der Waals surface area contributed by atoms with Crippen LogP contribution < -0.4 is 10.2 Å². The van der Waals surface area contributed by atoms with Crippen molar-refractivity contribution in [3.63, 3.8) is 0 Å². The third-order valence-corrected chi connectivity index (χ3v) is 4.67. The molecule has 1 aromatic heterocycles. The van der Waals surface area contributed by atoms with Crippen LogP contribution in [0.15, 0.2) is 41.2 Å². The van der Waals surface area contributed by atoms with Crippen molar-refractivity contribution in [1.82, 2.24) is 4.57 Å². The Balaban J connectivity index is 1.78. The van der Waals surface area contributed by atoms with Crippen LogP contribution in [-0.4, -0.2) is 10.5 Å². The molecule has 0 atom stereocenters. The van der Waals surface area contributed by atoms with Crippen LogP contribution in [0.5, 0.6) is 0 Å². The smallest absolute Gasteiger partial charge is 0.307 e. The van der Waals surface area contributed by atoms with Crippen LogP contribution in [0, 0.1) is 5.82 Å². The van der Waals surface area contributed by atoms with Crippen LogP contribution in [0.2, 0.25) is 5.02 Å². The number of aryl methyl sites for hydroxylation is 1. The van der Waals surface area contributed by atoms with Gasteiger partial charge in [-0.05, 0) is 35.9 Å². The van der Waals surface area contributed by atoms with Gasteiger partial charge in [-0.25, -0.2) is 4.39 Å². The zero-order chi connectivity index (χ0) is 16.6. The molecule has 0 bridgehead atoms. The fourth-order valence-corrected chi connectivity index (χ4v) is 3.33. The molecule has 2 aromatic carbocycles. The van der Waals surface area contributed by atoms with Crippen molar-refractivity contribution in [1.29, 1.82) is 0 Å². The maximum absolute atomic E-state index is 13.7. The first-order valence-electron chi connectivity index (χ1n) is 6.77. The SMILES string of the molecule is Cn1c(=O)sc2cc(NC(=O)Cc3ccc(Cl)cc3F)ccc21. The lowest BCUT2D eigenvalue weighted by atomic mass is 10.1. The third-order valence-electron chi connectivity index (χ3n) is 3.44. The van der Waals surface area contributed by atoms with Gasteiger partial charge in [0.1, 0.15) is 5.82 Å². The summed E-state index contributed by atoms with van der Waals surface area (Å²) in [7, 11) is 1.70. The standard InChI is InChI=1S/C16H12ClFN2O2S/c1-20-13-5-4-11(8-14(13)23-16(20)22)19-15(21)6-9-2-3-10(17)7-12(9)18/h2-5,7-8H,6H2,1H3,(H,19,21). The zero-order valence-corrected chi connectivity index (χ0v) is 13.7. The van der Waals surface area contributed by atoms with E-state index in [0.29, 0.717) is 5.69 Å². The normalized spacial score (nSPS) is 10.9. The average Bonchev–Trinajstić information content (AvgIpc) is 2.77. The van der Waals surface area contributed by atoms with E-state index in [4.69, 9.17) is 11.6 Å². The molecule has 1 heterocycles. The van der Waals surface area contributed by atoms with Crippen LogP contribution in [0.1, 0.15) is 5.56 Å². The second-order valence-corrected chi connectivity index (χ2v) is 6.50. The first-order valence-corrected chi connectivity index (χ1v) is 7.97. The van der Waals surface area contributed by atoms with Crippen molar-refractivity contribution in [3.05, 3.63) is 62.5 Å². The molecule has 0 spiro atoms. The van der Waals surface area contributed by atoms with Gasteiger partial charge >= 0.3 is 4.87 Å². The van der Waals surface area contributed by atoms with E-state index in [9.17, 15) is 14.0 Å². The van der Waals surface area contributed by atoms with Gasteiger partial charge in [0.2, 0.25) is 5.91 Å². The van der Waals surface area contributed by atoms with Gasteiger partial charge < -0.3 is 9.88 Å². The summed E-state index contributed by atoms with van der Waals surface area (Å²) in [5.41, 5.74) is 1.65. The molecule has 0 unspecified atom stereocenters. The molecule has 0 fully saturated rings. The molecule has 1 amide bonds. The lowest BCUT2D eigenvalue weighted by molar-refractivity contribution is -0.115. The van der Waals surface area contributed by atoms with E-state index in [1.54, 1.807) is 35.9 Å². The maximum Gasteiger partial charge on any atom is 0.307 e. The average molecular weight is 351 g/mol. The summed E-state index contributed by atoms with van der Waals surface area (Å²) in [5.74, 6) is -0.849. The largest absolute Gasteiger partial charge is 0.326 e. The summed E-state index contributed by atoms with van der Waals surface area (Å²) in [5, 5.41) is 3.00. The first-order chi connectivity index (χ1) is 10.9. The Hall–Kier alpha value is -2.18. The summed E-state index contributed by atoms with van der Waals surface area (Å²) in [6, 6.07) is 9.43. The highest BCUT2D eigenvalue weighted by Crippen LogP contribution is 2.21. The Bertz CT molecular complexity index is 964. The quantitative estimate of drug-likeness (QED) is 0.785. The second-order valence-electron chi connectivity index (χ2n) is 5.07. The van der Waals surface area contributed by atoms with Crippen molar-refractivity contribution >= 4 is 44.7 Å². The second kappa shape index (κ2) is 6.14. The number of nitrogens with zero attached hydrogens (tertiary/aromatic N) is 1. The molecule has 0 aliphatic heterocycles. The molecule has 0 aliphatic carbocycles. The molecular weight excluding hydrogens is 339 g/mol. The topological polar surface area (TPSA) is 51.1 Å². The third kappa shape index (κ3) is 3.28. The van der Waals surface area contributed by atoms with E-state index in [0.717, 1.165) is 21.6 Å². The van der Waals surface area contributed by atoms with Crippen LogP contribution >= 0.6 is 22.9 Å². The number of benzene rings is 2. The van der Waals surface area contributed by atoms with Crippen molar-refractivity contribution in [2.24, 2.45) is 7.05 Å². The molecule has 7 heteroatoms. The zero-order valence-electron chi connectivity index (χ0n) is 12.1. The van der Waals surface area contributed by atoms with Gasteiger partial charge in [-0.15, -0.1) is 0 Å². The predicted molar refractivity (Wildman–Crippen MR) is 90.8 cm³/mol. The highest BCUT2D eigenvalue weighted by molar-refractivity contribution is 7.16. The number of hydrogen-bond acceptors (Lipinski definition) is 3. The molecule has 4 nitrogen and oxygen atoms in total. The number of aromatic nitrogens is 1. The van der Waals surface area contributed by atoms with Gasteiger partial charge in [0, 0.05) is 17.8 Å². The van der Waals surface area contributed by atoms with E-state index in [1.165, 1.54) is 12.1 Å². The molecule has 3 rings (SSSR count). The number of nitrogens with one attached hydrogen (secondary N) is 1. The molecule has 23 heavy (non-hydrogen) atoms. The van der Waals surface area contributed by atoms with Gasteiger partial charge in [0.25, 0.3) is 0 Å². The number of anilines is 1. The molecule has 0 saturated carbocycles. The lowest BCUT2D eigenvalue weighted by Crippen LogP contribution is -2.15. The number of carbonyl (C=O) groups excluding carboxylic acids is 1. The Morgan fingerprint density at radius 2 is 2.09 bits per heavy atom. The van der Waals surface area contributed by atoms with Crippen LogP contribution in [0.25, 0.3) is 10.2 Å². The fourth-order valence-electron chi connectivity index (χ4n) is 2.25. The molecule has 0 radical (unpaired) electrons. The molecule has 118 valence electrons. The minimum absolute atomic E-state index is 0.0632. The number of thiazole rings is 1. The van der Waals surface area contributed by atoms with Gasteiger partial charge in [0.05, 0.1) is 16.6 Å². The van der Waals surface area contributed by atoms with Crippen molar-refractivity contribution in [3.8, 4) is 0 Å². The van der Waals surface area contributed by atoms with Gasteiger partial charge in [-0.2, -0.15) is 0 Å². The monoisotopic (exact) mass is 350 g/mol. The Morgan fingerprint density at radius 3 is 2.83 bits per heavy atom. The highest BCUT2D eigenvalue weighted by atomic mass is 35.5. The van der Waals surface area contributed by atoms with Gasteiger partial charge in [0.15, 0.2) is 0 Å². The van der Waals surface area contributed by atoms with Crippen LogP contribution in [-0.2, 0) is 18.3 Å². The minimum atomic E-state index is -0.510. The van der Waals surface area contributed by atoms with Crippen molar-refractivity contribution < 1.29 is 9.18 Å². The number of halogens is 2. The molecule has 1 N–H and O–H groups in total. The van der Waals surface area contributed by atoms with Crippen molar-refractivity contribution in [2.75, 3.05) is 5.32 Å². The van der Waals surface area contributed by atoms with Gasteiger partial charge in [-0.1, -0.05) is 29.0 Å². The number of fused-ring (bicyclic) bond motifs is 1. The van der Waals surface area contributed by atoms with E-state index < -0.39 is 5.82 Å². The number of amides is 1. The number of hydrogen-bond donors (Lipinski definition) is 1. The van der Waals surface area contributed by atoms with Crippen molar-refractivity contribution in [2.45, 2.75) is 6.42 Å². The minimum Gasteiger partial charge on any atom is -0.326 e. The molecule has 0 aliphatic rings. The summed E-state index contributed by atoms with van der Waals surface area (Å²) in [6.45, 7) is 0. The molecule has 3 aromatic rings. The summed E-state index contributed by atoms with van der Waals surface area (Å²) < 4.78 is 16.0. The molecular formula is C16H12ClFN2O2S. The summed E-state index contributed by atoms with van der Waals surface area (Å²) >= 11 is 6.80. The molecule has 0 saturated heterocycles. The number of carbonyl (C=O) groups is 1. The Kier molecular flexibility index (Phi) is 4.19.